The van der Waals surface area contributed by atoms with E-state index in [-0.39, 0.29) is 146 Å². The second-order valence-electron chi connectivity index (χ2n) is 47.7. The first-order chi connectivity index (χ1) is 68.0. The van der Waals surface area contributed by atoms with Crippen molar-refractivity contribution in [1.29, 1.82) is 0 Å². The number of thiol groups is 1. The quantitative estimate of drug-likeness (QED) is 0.0126. The van der Waals surface area contributed by atoms with Gasteiger partial charge in [0.1, 0.15) is 18.1 Å². The van der Waals surface area contributed by atoms with Crippen molar-refractivity contribution in [3.63, 3.8) is 0 Å². The molecule has 0 radical (unpaired) electrons. The number of fused-ring (bicyclic) bond motifs is 21. The van der Waals surface area contributed by atoms with Crippen LogP contribution in [0.3, 0.4) is 0 Å². The lowest BCUT2D eigenvalue weighted by Gasteiger charge is -2.70. The number of carboxylic acids is 3. The third kappa shape index (κ3) is 21.5. The molecule has 15 rings (SSSR count). The van der Waals surface area contributed by atoms with Crippen LogP contribution in [0, 0.1) is 102 Å². The fourth-order valence-corrected chi connectivity index (χ4v) is 32.3. The maximum absolute atomic E-state index is 12.8. The molecule has 9 saturated carbocycles. The van der Waals surface area contributed by atoms with Crippen molar-refractivity contribution in [2.24, 2.45) is 88.1 Å². The van der Waals surface area contributed by atoms with Crippen LogP contribution in [0.4, 0.5) is 0 Å². The van der Waals surface area contributed by atoms with Crippen LogP contribution in [0.5, 0.6) is 23.0 Å². The number of carbonyl (C=O) groups excluding carboxylic acids is 11. The van der Waals surface area contributed by atoms with Crippen LogP contribution in [0.25, 0.3) is 0 Å². The van der Waals surface area contributed by atoms with Crippen molar-refractivity contribution < 1.29 is 131 Å². The highest BCUT2D eigenvalue weighted by atomic mass is 32.2. The Morgan fingerprint density at radius 3 is 1.11 bits per heavy atom. The number of methoxy groups -OCH3 is 3. The van der Waals surface area contributed by atoms with Crippen molar-refractivity contribution in [1.82, 2.24) is 16.0 Å². The number of rotatable bonds is 18. The summed E-state index contributed by atoms with van der Waals surface area (Å²) in [6, 6.07) is 1.23. The van der Waals surface area contributed by atoms with Gasteiger partial charge in [-0.2, -0.15) is 12.6 Å². The van der Waals surface area contributed by atoms with E-state index < -0.39 is 105 Å². The zero-order valence-electron chi connectivity index (χ0n) is 91.7. The van der Waals surface area contributed by atoms with Gasteiger partial charge in [0.2, 0.25) is 23.5 Å². The Balaban J connectivity index is 0.000000209. The Morgan fingerprint density at radius 1 is 0.429 bits per heavy atom. The first-order valence-corrected chi connectivity index (χ1v) is 54.1. The molecule has 0 aliphatic heterocycles. The SMILES string of the molecule is CC(=O)OC(C)=O.CC1=C(O)C(=O)C=C2C1=CC=C1[C@@]2(C)CC[C@@]2(C)[C@@H]3C[C@](C)(C(=O)O)CC[C@]3(C)CC[C@]12C.CO.COC(=O)[C@H](CS)NC(C)=O.COC(=O)[C@H](CSC1C=C2[C@@](C)(CC[C@@]3(C)[C@@H]4C[C@](C)(C(=O)O)CC[C@]4(C)CC[C@]23C)c2cc(O)c(O)c(C)c21)NC(C)=O.COC(=O)[C@H](CSC1C=C2[C@@](C)(CC[C@@]3(C)[C@@H]4C[C@](C)(C(=O)O)CC[C@]4(C)CC[C@]23C)c2cc(OC(C)=O)c(OC(C)=O)c(C)c21)NC(C)=O. The molecule has 0 saturated heterocycles. The number of allylic oxidation sites excluding steroid dienone is 9. The number of aliphatic hydroxyl groups is 2. The number of phenolic OH excluding ortho intramolecular Hbond substituents is 2. The molecule has 23 atom stereocenters. The number of ketones is 1. The first kappa shape index (κ1) is 119. The fourth-order valence-electron chi connectivity index (χ4n) is 29.4. The Bertz CT molecular complexity index is 5820. The lowest BCUT2D eigenvalue weighted by atomic mass is 9.34. The van der Waals surface area contributed by atoms with E-state index in [0.717, 1.165) is 150 Å². The normalized spacial score (nSPS) is 35.0. The number of amides is 3. The Kier molecular flexibility index (Phi) is 35.3. The number of phenols is 2. The molecule has 0 aromatic heterocycles. The van der Waals surface area contributed by atoms with E-state index in [1.54, 1.807) is 12.1 Å². The molecule has 0 heterocycles. The van der Waals surface area contributed by atoms with Gasteiger partial charge in [-0.3, -0.25) is 52.7 Å². The number of nitrogens with one attached hydrogen (secondary N) is 3. The molecule has 2 aromatic carbocycles. The van der Waals surface area contributed by atoms with Gasteiger partial charge in [-0.1, -0.05) is 124 Å². The number of aliphatic hydroxyl groups excluding tert-OH is 2. The first-order valence-electron chi connectivity index (χ1n) is 51.4. The number of benzene rings is 2. The number of ether oxygens (including phenoxy) is 6. The van der Waals surface area contributed by atoms with E-state index in [1.807, 2.05) is 47.6 Å². The van der Waals surface area contributed by atoms with E-state index in [9.17, 15) is 97.8 Å². The number of esters is 7. The third-order valence-corrected chi connectivity index (χ3v) is 41.9. The second kappa shape index (κ2) is 43.6. The molecule has 2 aromatic rings. The standard InChI is InChI=1S/C39H53NO9S.C35H49NO7S.C29H38O4.C6H11NO3S.C4H6O3.CH4O/c1-21-31-25(17-27(48-23(3)42)32(21)49-24(4)43)37(7)14-16-39(9)30-19-36(6,34(45)46)12-11-35(30,5)13-15-38(39,8)29(37)18-28(31)50-20-26(33(44)47-10)40-22(2)41;1-19-27-21(15-23(38)28(19)39)33(5)12-14-35(7)26-17-32(4,30(41)42)10-9-31(26,3)11-13-34(35,6)25(33)16-24(27)44-18-22(29(40)43-8)36-20(2)37;1-17-18-7-8-21-27(4,19(18)15-20(30)23(17)31)12-14-29(6)22-16-26(3,24(32)33)10-9-25(22,2)11-13-28(21,29)5;1-4(8)7-5(3-11)6(9)10-2;1-3(5)7-4(2)6;1-2/h17-18,26,28,30H,11-16,19-20H2,1-10H3,(H,40,41)(H,45,46);15-16,22,24,26,38-39H,9-14,17-18H2,1-8H3,(H,36,37)(H,41,42);7-8,15,22,31H,9-14,16H2,1-6H3,(H,32,33);5,11H,3H2,1-2H3,(H,7,8);1-2H3;2H,1H3/t26-,28?,30+,35+,36+,37-,38+,39-;22-,24?,26+,31+,32+,33-,34+,35-;22-,25-,26-,27+,28-,29+;5-;;/m0010../s1. The van der Waals surface area contributed by atoms with E-state index in [4.69, 9.17) is 24.1 Å². The summed E-state index contributed by atoms with van der Waals surface area (Å²) in [5, 5.41) is 76.9. The van der Waals surface area contributed by atoms with Crippen LogP contribution in [-0.4, -0.2) is 183 Å². The van der Waals surface area contributed by atoms with Crippen molar-refractivity contribution in [2.75, 3.05) is 45.7 Å². The molecule has 0 bridgehead atoms. The molecular weight excluding hydrogens is 1940 g/mol. The van der Waals surface area contributed by atoms with Crippen LogP contribution in [-0.2, 0) is 96.9 Å². The minimum Gasteiger partial charge on any atom is -0.504 e. The van der Waals surface area contributed by atoms with Gasteiger partial charge in [-0.25, -0.2) is 14.4 Å². The largest absolute Gasteiger partial charge is 0.504 e. The monoisotopic (exact) mass is 2100 g/mol. The average molecular weight is 2100 g/mol. The van der Waals surface area contributed by atoms with Gasteiger partial charge in [0, 0.05) is 111 Å². The summed E-state index contributed by atoms with van der Waals surface area (Å²) >= 11 is 6.88. The summed E-state index contributed by atoms with van der Waals surface area (Å²) < 4.78 is 29.8. The molecule has 3 amide bonds. The highest BCUT2D eigenvalue weighted by Gasteiger charge is 2.72. The highest BCUT2D eigenvalue weighted by Crippen LogP contribution is 2.80. The van der Waals surface area contributed by atoms with Crippen LogP contribution in [0.2, 0.25) is 0 Å². The van der Waals surface area contributed by atoms with E-state index >= 15 is 0 Å². The molecule has 13 aliphatic rings. The summed E-state index contributed by atoms with van der Waals surface area (Å²) in [7, 11) is 4.86. The lowest BCUT2D eigenvalue weighted by molar-refractivity contribution is -0.178. The van der Waals surface area contributed by atoms with Crippen LogP contribution >= 0.6 is 36.2 Å². The van der Waals surface area contributed by atoms with Crippen molar-refractivity contribution >= 4 is 119 Å². The molecular formula is C114H161N3O27S3. The molecule has 147 heavy (non-hydrogen) atoms. The summed E-state index contributed by atoms with van der Waals surface area (Å²) in [5.74, 6) is -5.63. The van der Waals surface area contributed by atoms with Crippen molar-refractivity contribution in [3.05, 3.63) is 115 Å². The number of aromatic hydroxyl groups is 2. The maximum Gasteiger partial charge on any atom is 0.329 e. The molecule has 2 unspecified atom stereocenters. The summed E-state index contributed by atoms with van der Waals surface area (Å²) in [5.41, 5.74) is 7.79. The topological polar surface area (TPSA) is 472 Å². The number of aliphatic carboxylic acids is 3. The van der Waals surface area contributed by atoms with Gasteiger partial charge in [-0.05, 0) is 300 Å². The minimum atomic E-state index is -0.884. The smallest absolute Gasteiger partial charge is 0.329 e. The molecule has 812 valence electrons. The molecule has 33 heteroatoms. The second-order valence-corrected chi connectivity index (χ2v) is 50.4. The lowest BCUT2D eigenvalue weighted by Crippen LogP contribution is -2.62. The molecule has 10 N–H and O–H groups in total. The minimum absolute atomic E-state index is 0.0000746. The molecule has 13 aliphatic carbocycles. The molecule has 30 nitrogen and oxygen atoms in total. The van der Waals surface area contributed by atoms with Gasteiger partial charge in [0.25, 0.3) is 0 Å². The highest BCUT2D eigenvalue weighted by molar-refractivity contribution is 8.00. The predicted octanol–water partition coefficient (Wildman–Crippen LogP) is 19.5. The van der Waals surface area contributed by atoms with E-state index in [2.05, 4.69) is 145 Å². The van der Waals surface area contributed by atoms with Gasteiger partial charge >= 0.3 is 59.7 Å². The zero-order chi connectivity index (χ0) is 111. The number of thioether (sulfide) groups is 2. The zero-order valence-corrected chi connectivity index (χ0v) is 94.2. The number of carbonyl (C=O) groups is 14. The number of hydrogen-bond donors (Lipinski definition) is 11. The van der Waals surface area contributed by atoms with Gasteiger partial charge in [0.05, 0.1) is 37.6 Å². The van der Waals surface area contributed by atoms with Crippen LogP contribution in [0.15, 0.2) is 81.7 Å². The van der Waals surface area contributed by atoms with E-state index in [1.165, 1.54) is 110 Å². The van der Waals surface area contributed by atoms with Crippen LogP contribution in [0.1, 0.15) is 338 Å². The molecule has 9 fully saturated rings. The summed E-state index contributed by atoms with van der Waals surface area (Å²) in [6.45, 7) is 48.6. The van der Waals surface area contributed by atoms with Gasteiger partial charge < -0.3 is 80.1 Å². The number of hydrogen-bond acceptors (Lipinski definition) is 27. The summed E-state index contributed by atoms with van der Waals surface area (Å²) in [6.07, 6.45) is 29.1. The maximum atomic E-state index is 12.8. The van der Waals surface area contributed by atoms with Gasteiger partial charge in [0.15, 0.2) is 28.8 Å². The molecule has 0 spiro atoms. The summed E-state index contributed by atoms with van der Waals surface area (Å²) in [4.78, 5) is 165. The average Bonchev–Trinajstić information content (AvgIpc) is 0.676. The fraction of sp³-hybridized carbons (Fsp3) is 0.667. The van der Waals surface area contributed by atoms with Crippen molar-refractivity contribution in [2.45, 2.75) is 347 Å². The van der Waals surface area contributed by atoms with Gasteiger partial charge in [-0.15, -0.1) is 23.5 Å². The third-order valence-electron chi connectivity index (χ3n) is 39.0. The number of carboxylic acid groups (broad SMARTS) is 3. The Morgan fingerprint density at radius 2 is 0.769 bits per heavy atom. The van der Waals surface area contributed by atoms with E-state index in [0.29, 0.717) is 48.3 Å². The van der Waals surface area contributed by atoms with Crippen LogP contribution < -0.4 is 25.4 Å². The Labute approximate surface area is 880 Å². The van der Waals surface area contributed by atoms with Crippen molar-refractivity contribution in [3.8, 4) is 23.0 Å². The Hall–Kier alpha value is -9.73. The predicted molar refractivity (Wildman–Crippen MR) is 563 cm³/mol.